The minimum atomic E-state index is -0.126. The minimum Gasteiger partial charge on any atom is -0.468 e. The maximum Gasteiger partial charge on any atom is 0.263 e. The van der Waals surface area contributed by atoms with Crippen molar-refractivity contribution < 1.29 is 9.21 Å². The summed E-state index contributed by atoms with van der Waals surface area (Å²) in [4.78, 5) is 15.7. The normalized spacial score (nSPS) is 16.5. The molecule has 0 spiro atoms. The smallest absolute Gasteiger partial charge is 0.263 e. The van der Waals surface area contributed by atoms with E-state index in [0.717, 1.165) is 18.8 Å². The van der Waals surface area contributed by atoms with Crippen LogP contribution in [0.1, 0.15) is 40.7 Å². The number of hydrogen-bond acceptors (Lipinski definition) is 7. The molecule has 3 aromatic rings. The highest BCUT2D eigenvalue weighted by Crippen LogP contribution is 2.25. The fourth-order valence-electron chi connectivity index (χ4n) is 3.31. The van der Waals surface area contributed by atoms with Gasteiger partial charge in [0.05, 0.1) is 18.0 Å². The fourth-order valence-corrected chi connectivity index (χ4v) is 4.11. The molecule has 0 saturated carbocycles. The van der Waals surface area contributed by atoms with Gasteiger partial charge in [-0.2, -0.15) is 4.68 Å². The Bertz CT molecular complexity index is 823. The van der Waals surface area contributed by atoms with Gasteiger partial charge in [0.25, 0.3) is 5.91 Å². The van der Waals surface area contributed by atoms with E-state index in [2.05, 4.69) is 25.7 Å². The first-order chi connectivity index (χ1) is 12.8. The molecular formula is C17H20N6O2S. The average Bonchev–Trinajstić information content (AvgIpc) is 3.43. The zero-order valence-corrected chi connectivity index (χ0v) is 15.1. The van der Waals surface area contributed by atoms with Gasteiger partial charge in [0.15, 0.2) is 0 Å². The molecule has 0 radical (unpaired) electrons. The highest BCUT2D eigenvalue weighted by Gasteiger charge is 2.26. The minimum absolute atomic E-state index is 0.0469. The molecule has 8 nitrogen and oxygen atoms in total. The number of aromatic nitrogens is 4. The van der Waals surface area contributed by atoms with Crippen LogP contribution >= 0.6 is 11.3 Å². The summed E-state index contributed by atoms with van der Waals surface area (Å²) in [5.74, 6) is 0.762. The van der Waals surface area contributed by atoms with Gasteiger partial charge >= 0.3 is 0 Å². The Balaban J connectivity index is 1.48. The third-order valence-electron chi connectivity index (χ3n) is 4.61. The van der Waals surface area contributed by atoms with Crippen molar-refractivity contribution in [3.8, 4) is 5.69 Å². The molecule has 9 heteroatoms. The van der Waals surface area contributed by atoms with Crippen molar-refractivity contribution >= 4 is 17.2 Å². The maximum absolute atomic E-state index is 12.7. The molecule has 136 valence electrons. The van der Waals surface area contributed by atoms with Crippen LogP contribution in [0, 0.1) is 0 Å². The maximum atomic E-state index is 12.7. The second-order valence-corrected chi connectivity index (χ2v) is 7.14. The van der Waals surface area contributed by atoms with Crippen molar-refractivity contribution in [2.45, 2.75) is 25.3 Å². The van der Waals surface area contributed by atoms with Gasteiger partial charge in [-0.15, -0.1) is 16.4 Å². The summed E-state index contributed by atoms with van der Waals surface area (Å²) >= 11 is 1.38. The van der Waals surface area contributed by atoms with Crippen LogP contribution in [0.2, 0.25) is 0 Å². The van der Waals surface area contributed by atoms with Crippen molar-refractivity contribution in [3.63, 3.8) is 0 Å². The van der Waals surface area contributed by atoms with Crippen molar-refractivity contribution in [1.82, 2.24) is 30.4 Å². The van der Waals surface area contributed by atoms with Crippen LogP contribution in [0.4, 0.5) is 0 Å². The number of tetrazole rings is 1. The quantitative estimate of drug-likeness (QED) is 0.714. The van der Waals surface area contributed by atoms with E-state index < -0.39 is 0 Å². The highest BCUT2D eigenvalue weighted by molar-refractivity contribution is 7.12. The van der Waals surface area contributed by atoms with Gasteiger partial charge in [-0.1, -0.05) is 6.42 Å². The number of rotatable bonds is 6. The molecule has 1 amide bonds. The van der Waals surface area contributed by atoms with E-state index in [0.29, 0.717) is 17.1 Å². The highest BCUT2D eigenvalue weighted by atomic mass is 32.1. The molecule has 3 aromatic heterocycles. The number of piperidine rings is 1. The third kappa shape index (κ3) is 3.54. The lowest BCUT2D eigenvalue weighted by Gasteiger charge is -2.33. The number of hydrogen-bond donors (Lipinski definition) is 1. The Hall–Kier alpha value is -2.52. The van der Waals surface area contributed by atoms with Gasteiger partial charge in [0.1, 0.15) is 17.0 Å². The predicted octanol–water partition coefficient (Wildman–Crippen LogP) is 2.27. The van der Waals surface area contributed by atoms with Crippen molar-refractivity contribution in [1.29, 1.82) is 0 Å². The van der Waals surface area contributed by atoms with Crippen LogP contribution in [0.25, 0.3) is 5.69 Å². The summed E-state index contributed by atoms with van der Waals surface area (Å²) in [6.07, 6.45) is 6.79. The van der Waals surface area contributed by atoms with Gasteiger partial charge < -0.3 is 9.73 Å². The van der Waals surface area contributed by atoms with E-state index in [-0.39, 0.29) is 11.9 Å². The van der Waals surface area contributed by atoms with E-state index in [4.69, 9.17) is 4.42 Å². The topological polar surface area (TPSA) is 89.1 Å². The molecule has 1 N–H and O–H groups in total. The monoisotopic (exact) mass is 372 g/mol. The Kier molecular flexibility index (Phi) is 5.07. The van der Waals surface area contributed by atoms with E-state index in [1.165, 1.54) is 41.6 Å². The molecule has 4 heterocycles. The molecule has 26 heavy (non-hydrogen) atoms. The first-order valence-corrected chi connectivity index (χ1v) is 9.57. The Morgan fingerprint density at radius 2 is 2.19 bits per heavy atom. The largest absolute Gasteiger partial charge is 0.468 e. The molecule has 0 unspecified atom stereocenters. The van der Waals surface area contributed by atoms with Gasteiger partial charge in [-0.05, 0) is 59.9 Å². The third-order valence-corrected chi connectivity index (χ3v) is 5.51. The first-order valence-electron chi connectivity index (χ1n) is 8.69. The Morgan fingerprint density at radius 3 is 2.92 bits per heavy atom. The second kappa shape index (κ2) is 7.79. The first kappa shape index (κ1) is 16.9. The molecular weight excluding hydrogens is 352 g/mol. The van der Waals surface area contributed by atoms with Crippen LogP contribution in [0.15, 0.2) is 40.6 Å². The van der Waals surface area contributed by atoms with Crippen LogP contribution < -0.4 is 5.32 Å². The van der Waals surface area contributed by atoms with Crippen molar-refractivity contribution in [3.05, 3.63) is 46.8 Å². The van der Waals surface area contributed by atoms with Crippen LogP contribution in [-0.2, 0) is 0 Å². The van der Waals surface area contributed by atoms with Crippen molar-refractivity contribution in [2.24, 2.45) is 0 Å². The number of nitrogens with one attached hydrogen (secondary N) is 1. The summed E-state index contributed by atoms with van der Waals surface area (Å²) in [6, 6.07) is 5.75. The predicted molar refractivity (Wildman–Crippen MR) is 96.2 cm³/mol. The Morgan fingerprint density at radius 1 is 1.31 bits per heavy atom. The number of carbonyl (C=O) groups excluding carboxylic acids is 1. The van der Waals surface area contributed by atoms with E-state index in [9.17, 15) is 4.79 Å². The van der Waals surface area contributed by atoms with Crippen LogP contribution in [-0.4, -0.2) is 50.6 Å². The van der Waals surface area contributed by atoms with Crippen LogP contribution in [0.3, 0.4) is 0 Å². The average molecular weight is 372 g/mol. The zero-order valence-electron chi connectivity index (χ0n) is 14.2. The SMILES string of the molecule is O=C(NC[C@@H](c1ccco1)N1CCCCC1)c1sccc1-n1cnnn1. The summed E-state index contributed by atoms with van der Waals surface area (Å²) in [5.41, 5.74) is 0.685. The Labute approximate surface area is 154 Å². The molecule has 0 aliphatic carbocycles. The summed E-state index contributed by atoms with van der Waals surface area (Å²) in [5, 5.41) is 16.1. The lowest BCUT2D eigenvalue weighted by atomic mass is 10.1. The molecule has 0 bridgehead atoms. The number of nitrogens with zero attached hydrogens (tertiary/aromatic N) is 5. The molecule has 1 aliphatic heterocycles. The van der Waals surface area contributed by atoms with E-state index in [1.807, 2.05) is 23.6 Å². The fraction of sp³-hybridized carbons (Fsp3) is 0.412. The number of carbonyl (C=O) groups is 1. The van der Waals surface area contributed by atoms with Crippen molar-refractivity contribution in [2.75, 3.05) is 19.6 Å². The molecule has 1 aliphatic rings. The molecule has 1 atom stereocenters. The molecule has 0 aromatic carbocycles. The standard InChI is InChI=1S/C17H20N6O2S/c24-17(16-13(6-10-26-16)23-12-19-20-21-23)18-11-14(15-5-4-9-25-15)22-7-2-1-3-8-22/h4-6,9-10,12,14H,1-3,7-8,11H2,(H,18,24)/t14-/m0/s1. The molecule has 1 fully saturated rings. The summed E-state index contributed by atoms with van der Waals surface area (Å²) in [6.45, 7) is 2.55. The number of furan rings is 1. The number of likely N-dealkylation sites (tertiary alicyclic amines) is 1. The van der Waals surface area contributed by atoms with E-state index in [1.54, 1.807) is 6.26 Å². The van der Waals surface area contributed by atoms with Gasteiger partial charge in [-0.25, -0.2) is 0 Å². The second-order valence-electron chi connectivity index (χ2n) is 6.23. The van der Waals surface area contributed by atoms with Gasteiger partial charge in [-0.3, -0.25) is 9.69 Å². The number of amides is 1. The lowest BCUT2D eigenvalue weighted by molar-refractivity contribution is 0.0918. The van der Waals surface area contributed by atoms with Crippen LogP contribution in [0.5, 0.6) is 0 Å². The van der Waals surface area contributed by atoms with Gasteiger partial charge in [0.2, 0.25) is 0 Å². The zero-order chi connectivity index (χ0) is 17.8. The molecule has 1 saturated heterocycles. The summed E-state index contributed by atoms with van der Waals surface area (Å²) < 4.78 is 7.13. The molecule has 4 rings (SSSR count). The van der Waals surface area contributed by atoms with Gasteiger partial charge in [0, 0.05) is 6.54 Å². The number of thiophene rings is 1. The lowest BCUT2D eigenvalue weighted by Crippen LogP contribution is -2.40. The summed E-state index contributed by atoms with van der Waals surface area (Å²) in [7, 11) is 0. The van der Waals surface area contributed by atoms with E-state index >= 15 is 0 Å².